The zero-order valence-corrected chi connectivity index (χ0v) is 12.7. The molecule has 22 heavy (non-hydrogen) atoms. The van der Waals surface area contributed by atoms with Crippen LogP contribution in [0.1, 0.15) is 5.56 Å². The minimum absolute atomic E-state index is 0.00302. The molecule has 0 unspecified atom stereocenters. The molecule has 0 spiro atoms. The van der Waals surface area contributed by atoms with E-state index in [2.05, 4.69) is 21.2 Å². The maximum Gasteiger partial charge on any atom is 0.412 e. The van der Waals surface area contributed by atoms with Crippen molar-refractivity contribution >= 4 is 33.4 Å². The molecule has 1 N–H and O–H groups in total. The Balaban J connectivity index is 2.10. The number of benzene rings is 2. The maximum absolute atomic E-state index is 13.3. The molecule has 0 aliphatic carbocycles. The van der Waals surface area contributed by atoms with Crippen molar-refractivity contribution in [2.75, 3.05) is 5.32 Å². The van der Waals surface area contributed by atoms with E-state index in [9.17, 15) is 19.3 Å². The first-order valence-corrected chi connectivity index (χ1v) is 6.88. The summed E-state index contributed by atoms with van der Waals surface area (Å²) in [5.41, 5.74) is 0.0283. The highest BCUT2D eigenvalue weighted by molar-refractivity contribution is 9.10. The highest BCUT2D eigenvalue weighted by Crippen LogP contribution is 2.34. The standard InChI is InChI=1S/C14H10BrFN2O4/c15-11-6-10(16)7-12(13(11)18(20)21)17-14(19)22-8-9-4-2-1-3-5-9/h1-7H,8H2,(H,17,19). The number of nitrogens with one attached hydrogen (secondary N) is 1. The molecule has 114 valence electrons. The molecular weight excluding hydrogens is 359 g/mol. The Morgan fingerprint density at radius 3 is 2.64 bits per heavy atom. The average molecular weight is 369 g/mol. The van der Waals surface area contributed by atoms with Crippen molar-refractivity contribution < 1.29 is 18.8 Å². The van der Waals surface area contributed by atoms with Crippen LogP contribution in [0.2, 0.25) is 0 Å². The summed E-state index contributed by atoms with van der Waals surface area (Å²) < 4.78 is 18.2. The van der Waals surface area contributed by atoms with Gasteiger partial charge in [-0.3, -0.25) is 15.4 Å². The molecule has 0 bridgehead atoms. The highest BCUT2D eigenvalue weighted by Gasteiger charge is 2.22. The van der Waals surface area contributed by atoms with Crippen molar-refractivity contribution in [3.8, 4) is 0 Å². The number of anilines is 1. The Morgan fingerprint density at radius 2 is 2.00 bits per heavy atom. The lowest BCUT2D eigenvalue weighted by Gasteiger charge is -2.08. The summed E-state index contributed by atoms with van der Waals surface area (Å²) in [5, 5.41) is 13.1. The van der Waals surface area contributed by atoms with E-state index in [1.54, 1.807) is 24.3 Å². The molecule has 2 rings (SSSR count). The summed E-state index contributed by atoms with van der Waals surface area (Å²) in [6.07, 6.45) is -0.913. The molecule has 0 aliphatic heterocycles. The normalized spacial score (nSPS) is 10.1. The summed E-state index contributed by atoms with van der Waals surface area (Å²) >= 11 is 2.89. The van der Waals surface area contributed by atoms with Crippen LogP contribution >= 0.6 is 15.9 Å². The van der Waals surface area contributed by atoms with Gasteiger partial charge in [-0.15, -0.1) is 0 Å². The summed E-state index contributed by atoms with van der Waals surface area (Å²) in [5.74, 6) is -0.726. The van der Waals surface area contributed by atoms with Gasteiger partial charge < -0.3 is 4.74 Å². The third-order valence-electron chi connectivity index (χ3n) is 2.66. The molecule has 0 fully saturated rings. The topological polar surface area (TPSA) is 81.5 Å². The number of nitro benzene ring substituents is 1. The first kappa shape index (κ1) is 15.9. The Hall–Kier alpha value is -2.48. The number of carbonyl (C=O) groups is 1. The van der Waals surface area contributed by atoms with Crippen LogP contribution in [0, 0.1) is 15.9 Å². The quantitative estimate of drug-likeness (QED) is 0.646. The monoisotopic (exact) mass is 368 g/mol. The Kier molecular flexibility index (Phi) is 5.05. The first-order valence-electron chi connectivity index (χ1n) is 6.08. The van der Waals surface area contributed by atoms with Crippen LogP contribution in [0.4, 0.5) is 20.6 Å². The molecule has 1 amide bonds. The molecule has 0 saturated carbocycles. The molecule has 2 aromatic rings. The van der Waals surface area contributed by atoms with Gasteiger partial charge in [0.2, 0.25) is 0 Å². The average Bonchev–Trinajstić information content (AvgIpc) is 2.45. The lowest BCUT2D eigenvalue weighted by atomic mass is 10.2. The summed E-state index contributed by atoms with van der Waals surface area (Å²) in [6, 6.07) is 10.7. The summed E-state index contributed by atoms with van der Waals surface area (Å²) in [7, 11) is 0. The molecule has 0 heterocycles. The Bertz CT molecular complexity index is 709. The van der Waals surface area contributed by atoms with Crippen LogP contribution in [0.15, 0.2) is 46.9 Å². The SMILES string of the molecule is O=C(Nc1cc(F)cc(Br)c1[N+](=O)[O-])OCc1ccccc1. The van der Waals surface area contributed by atoms with Crippen LogP contribution in [-0.4, -0.2) is 11.0 Å². The molecule has 0 atom stereocenters. The van der Waals surface area contributed by atoms with E-state index in [0.717, 1.165) is 17.7 Å². The minimum Gasteiger partial charge on any atom is -0.444 e. The molecule has 0 aromatic heterocycles. The molecule has 0 radical (unpaired) electrons. The van der Waals surface area contributed by atoms with Gasteiger partial charge in [0.15, 0.2) is 0 Å². The van der Waals surface area contributed by atoms with E-state index in [4.69, 9.17) is 4.74 Å². The van der Waals surface area contributed by atoms with Gasteiger partial charge in [0.05, 0.1) is 4.92 Å². The Morgan fingerprint density at radius 1 is 1.32 bits per heavy atom. The molecule has 8 heteroatoms. The van der Waals surface area contributed by atoms with Crippen molar-refractivity contribution in [3.05, 3.63) is 68.4 Å². The third kappa shape index (κ3) is 4.01. The first-order chi connectivity index (χ1) is 10.5. The van der Waals surface area contributed by atoms with Crippen molar-refractivity contribution in [2.24, 2.45) is 0 Å². The number of nitrogens with zero attached hydrogens (tertiary/aromatic N) is 1. The maximum atomic E-state index is 13.3. The second-order valence-electron chi connectivity index (χ2n) is 4.23. The van der Waals surface area contributed by atoms with Gasteiger partial charge >= 0.3 is 11.8 Å². The van der Waals surface area contributed by atoms with Crippen LogP contribution in [0.3, 0.4) is 0 Å². The van der Waals surface area contributed by atoms with Crippen molar-refractivity contribution in [1.82, 2.24) is 0 Å². The van der Waals surface area contributed by atoms with Gasteiger partial charge in [-0.2, -0.15) is 0 Å². The van der Waals surface area contributed by atoms with Gasteiger partial charge in [0, 0.05) is 6.07 Å². The molecular formula is C14H10BrFN2O4. The zero-order chi connectivity index (χ0) is 16.1. The number of ether oxygens (including phenoxy) is 1. The smallest absolute Gasteiger partial charge is 0.412 e. The highest BCUT2D eigenvalue weighted by atomic mass is 79.9. The van der Waals surface area contributed by atoms with E-state index in [1.807, 2.05) is 6.07 Å². The summed E-state index contributed by atoms with van der Waals surface area (Å²) in [6.45, 7) is -0.00302. The van der Waals surface area contributed by atoms with Crippen LogP contribution < -0.4 is 5.32 Å². The predicted octanol–water partition coefficient (Wildman–Crippen LogP) is 4.25. The third-order valence-corrected chi connectivity index (χ3v) is 3.26. The van der Waals surface area contributed by atoms with Gasteiger partial charge in [0.25, 0.3) is 0 Å². The largest absolute Gasteiger partial charge is 0.444 e. The van der Waals surface area contributed by atoms with Crippen molar-refractivity contribution in [2.45, 2.75) is 6.61 Å². The number of hydrogen-bond donors (Lipinski definition) is 1. The fourth-order valence-electron chi connectivity index (χ4n) is 1.72. The number of amides is 1. The number of carbonyl (C=O) groups excluding carboxylic acids is 1. The van der Waals surface area contributed by atoms with Crippen molar-refractivity contribution in [1.29, 1.82) is 0 Å². The lowest BCUT2D eigenvalue weighted by molar-refractivity contribution is -0.384. The van der Waals surface area contributed by atoms with E-state index in [0.29, 0.717) is 0 Å². The molecule has 0 aliphatic rings. The van der Waals surface area contributed by atoms with E-state index in [-0.39, 0.29) is 16.8 Å². The fraction of sp³-hybridized carbons (Fsp3) is 0.0714. The number of nitro groups is 1. The fourth-order valence-corrected chi connectivity index (χ4v) is 2.29. The second kappa shape index (κ2) is 6.99. The Labute approximate surface area is 133 Å². The zero-order valence-electron chi connectivity index (χ0n) is 11.1. The molecule has 6 nitrogen and oxygen atoms in total. The second-order valence-corrected chi connectivity index (χ2v) is 5.08. The summed E-state index contributed by atoms with van der Waals surface area (Å²) in [4.78, 5) is 21.9. The van der Waals surface area contributed by atoms with Gasteiger partial charge in [0.1, 0.15) is 22.6 Å². The van der Waals surface area contributed by atoms with Gasteiger partial charge in [-0.05, 0) is 27.6 Å². The number of hydrogen-bond acceptors (Lipinski definition) is 4. The predicted molar refractivity (Wildman–Crippen MR) is 81.0 cm³/mol. The number of halogens is 2. The molecule has 2 aromatic carbocycles. The minimum atomic E-state index is -0.913. The van der Waals surface area contributed by atoms with Gasteiger partial charge in [-0.25, -0.2) is 9.18 Å². The van der Waals surface area contributed by atoms with Gasteiger partial charge in [-0.1, -0.05) is 30.3 Å². The van der Waals surface area contributed by atoms with E-state index >= 15 is 0 Å². The van der Waals surface area contributed by atoms with Crippen molar-refractivity contribution in [3.63, 3.8) is 0 Å². The van der Waals surface area contributed by atoms with E-state index in [1.165, 1.54) is 0 Å². The van der Waals surface area contributed by atoms with Crippen LogP contribution in [-0.2, 0) is 11.3 Å². The van der Waals surface area contributed by atoms with E-state index < -0.39 is 22.5 Å². The lowest BCUT2D eigenvalue weighted by Crippen LogP contribution is -2.15. The number of rotatable bonds is 4. The molecule has 0 saturated heterocycles. The van der Waals surface area contributed by atoms with Crippen LogP contribution in [0.5, 0.6) is 0 Å². The van der Waals surface area contributed by atoms with Crippen LogP contribution in [0.25, 0.3) is 0 Å².